The van der Waals surface area contributed by atoms with Gasteiger partial charge in [-0.25, -0.2) is 37.3 Å². The first-order chi connectivity index (χ1) is 15.8. The highest BCUT2D eigenvalue weighted by Gasteiger charge is 2.24. The van der Waals surface area contributed by atoms with Crippen molar-refractivity contribution in [1.29, 1.82) is 0 Å². The van der Waals surface area contributed by atoms with Crippen LogP contribution in [0.3, 0.4) is 0 Å². The lowest BCUT2D eigenvalue weighted by molar-refractivity contribution is 0.377. The Kier molecular flexibility index (Phi) is 6.45. The van der Waals surface area contributed by atoms with Gasteiger partial charge in [0, 0.05) is 15.6 Å². The molecule has 4 nitrogen and oxygen atoms in total. The van der Waals surface area contributed by atoms with E-state index in [0.29, 0.717) is 17.6 Å². The number of nitrogens with one attached hydrogen (secondary N) is 1. The normalized spacial score (nSPS) is 11.2. The van der Waals surface area contributed by atoms with E-state index < -0.39 is 34.6 Å². The molecule has 0 bridgehead atoms. The molecule has 0 spiro atoms. The summed E-state index contributed by atoms with van der Waals surface area (Å²) in [5.41, 5.74) is 3.78. The van der Waals surface area contributed by atoms with Crippen LogP contribution in [0.4, 0.5) is 27.9 Å². The van der Waals surface area contributed by atoms with Crippen LogP contribution in [0.15, 0.2) is 70.2 Å². The molecule has 0 aliphatic rings. The summed E-state index contributed by atoms with van der Waals surface area (Å²) in [4.78, 5) is 8.67. The number of anilines is 1. The number of halogens is 6. The minimum absolute atomic E-state index is 0.0469. The van der Waals surface area contributed by atoms with Gasteiger partial charge in [0.25, 0.3) is 0 Å². The number of hydrogen-bond donors (Lipinski definition) is 1. The third kappa shape index (κ3) is 4.75. The van der Waals surface area contributed by atoms with Crippen LogP contribution >= 0.6 is 15.9 Å². The first kappa shape index (κ1) is 22.5. The van der Waals surface area contributed by atoms with Gasteiger partial charge in [-0.1, -0.05) is 58.4 Å². The van der Waals surface area contributed by atoms with Gasteiger partial charge in [-0.2, -0.15) is 5.10 Å². The van der Waals surface area contributed by atoms with Crippen molar-refractivity contribution in [1.82, 2.24) is 9.97 Å². The summed E-state index contributed by atoms with van der Waals surface area (Å²) < 4.78 is 68.6. The van der Waals surface area contributed by atoms with Crippen molar-refractivity contribution in [2.24, 2.45) is 5.10 Å². The highest BCUT2D eigenvalue weighted by atomic mass is 79.9. The smallest absolute Gasteiger partial charge is 0.244 e. The highest BCUT2D eigenvalue weighted by molar-refractivity contribution is 9.10. The highest BCUT2D eigenvalue weighted by Crippen LogP contribution is 2.26. The molecule has 0 saturated heterocycles. The van der Waals surface area contributed by atoms with E-state index in [1.54, 1.807) is 6.07 Å². The van der Waals surface area contributed by atoms with Crippen molar-refractivity contribution in [3.8, 4) is 22.5 Å². The van der Waals surface area contributed by atoms with Gasteiger partial charge in [0.15, 0.2) is 23.3 Å². The maximum Gasteiger partial charge on any atom is 0.244 e. The van der Waals surface area contributed by atoms with E-state index in [1.807, 2.05) is 54.6 Å². The second-order valence-corrected chi connectivity index (χ2v) is 7.60. The Hall–Kier alpha value is -3.66. The Bertz CT molecular complexity index is 1320. The molecule has 1 N–H and O–H groups in total. The molecule has 0 fully saturated rings. The van der Waals surface area contributed by atoms with Crippen molar-refractivity contribution in [3.05, 3.63) is 99.8 Å². The van der Waals surface area contributed by atoms with Gasteiger partial charge < -0.3 is 0 Å². The standard InChI is InChI=1S/C23H12BrF5N4/c24-14-8-6-13(7-9-14)17-10-16(12-4-2-1-3-5-12)31-23(32-17)33-30-11-15-18(25)20(27)22(29)21(28)19(15)26/h1-11H,(H,31,32,33)/b30-11-. The van der Waals surface area contributed by atoms with Crippen LogP contribution in [0.25, 0.3) is 22.5 Å². The average molecular weight is 519 g/mol. The number of benzene rings is 3. The minimum atomic E-state index is -2.24. The molecule has 0 amide bonds. The summed E-state index contributed by atoms with van der Waals surface area (Å²) in [7, 11) is 0. The van der Waals surface area contributed by atoms with Gasteiger partial charge >= 0.3 is 0 Å². The van der Waals surface area contributed by atoms with Crippen LogP contribution in [0.5, 0.6) is 0 Å². The van der Waals surface area contributed by atoms with Crippen LogP contribution in [-0.4, -0.2) is 16.2 Å². The molecular formula is C23H12BrF5N4. The van der Waals surface area contributed by atoms with E-state index in [1.165, 1.54) is 0 Å². The molecular weight excluding hydrogens is 507 g/mol. The molecule has 0 unspecified atom stereocenters. The van der Waals surface area contributed by atoms with Crippen LogP contribution in [0, 0.1) is 29.1 Å². The third-order valence-electron chi connectivity index (χ3n) is 4.54. The number of rotatable bonds is 5. The second-order valence-electron chi connectivity index (χ2n) is 6.69. The number of aromatic nitrogens is 2. The molecule has 166 valence electrons. The van der Waals surface area contributed by atoms with Crippen molar-refractivity contribution in [2.45, 2.75) is 0 Å². The summed E-state index contributed by atoms with van der Waals surface area (Å²) >= 11 is 3.36. The zero-order chi connectivity index (χ0) is 23.5. The second kappa shape index (κ2) is 9.45. The molecule has 1 heterocycles. The van der Waals surface area contributed by atoms with Gasteiger partial charge in [0.05, 0.1) is 23.2 Å². The lowest BCUT2D eigenvalue weighted by atomic mass is 10.1. The number of nitrogens with zero attached hydrogens (tertiary/aromatic N) is 3. The fourth-order valence-corrected chi connectivity index (χ4v) is 3.18. The molecule has 0 aliphatic heterocycles. The molecule has 4 rings (SSSR count). The quantitative estimate of drug-likeness (QED) is 0.105. The van der Waals surface area contributed by atoms with Crippen LogP contribution < -0.4 is 5.43 Å². The molecule has 4 aromatic rings. The van der Waals surface area contributed by atoms with Gasteiger partial charge in [-0.15, -0.1) is 0 Å². The van der Waals surface area contributed by atoms with E-state index in [-0.39, 0.29) is 5.95 Å². The maximum atomic E-state index is 13.9. The molecule has 0 aliphatic carbocycles. The molecule has 0 atom stereocenters. The van der Waals surface area contributed by atoms with E-state index >= 15 is 0 Å². The summed E-state index contributed by atoms with van der Waals surface area (Å²) in [6, 6.07) is 18.2. The maximum absolute atomic E-state index is 13.9. The molecule has 3 aromatic carbocycles. The Labute approximate surface area is 193 Å². The number of hydrazone groups is 1. The van der Waals surface area contributed by atoms with Gasteiger partial charge in [-0.05, 0) is 18.2 Å². The topological polar surface area (TPSA) is 50.2 Å². The van der Waals surface area contributed by atoms with Crippen molar-refractivity contribution >= 4 is 28.1 Å². The molecule has 0 radical (unpaired) electrons. The number of hydrogen-bond acceptors (Lipinski definition) is 4. The first-order valence-corrected chi connectivity index (χ1v) is 10.2. The third-order valence-corrected chi connectivity index (χ3v) is 5.07. The van der Waals surface area contributed by atoms with E-state index in [9.17, 15) is 22.0 Å². The Morgan fingerprint density at radius 2 is 1.21 bits per heavy atom. The fraction of sp³-hybridized carbons (Fsp3) is 0. The van der Waals surface area contributed by atoms with Gasteiger partial charge in [0.1, 0.15) is 0 Å². The van der Waals surface area contributed by atoms with E-state index in [0.717, 1.165) is 15.6 Å². The van der Waals surface area contributed by atoms with Crippen LogP contribution in [-0.2, 0) is 0 Å². The van der Waals surface area contributed by atoms with E-state index in [4.69, 9.17) is 0 Å². The fourth-order valence-electron chi connectivity index (χ4n) is 2.91. The predicted octanol–water partition coefficient (Wildman–Crippen LogP) is 6.71. The Morgan fingerprint density at radius 3 is 1.79 bits per heavy atom. The lowest BCUT2D eigenvalue weighted by Crippen LogP contribution is -2.07. The molecule has 1 aromatic heterocycles. The average Bonchev–Trinajstić information content (AvgIpc) is 2.84. The molecule has 0 saturated carbocycles. The Morgan fingerprint density at radius 1 is 0.697 bits per heavy atom. The summed E-state index contributed by atoms with van der Waals surface area (Å²) in [6.07, 6.45) is 0.480. The first-order valence-electron chi connectivity index (χ1n) is 9.36. The van der Waals surface area contributed by atoms with Crippen LogP contribution in [0.2, 0.25) is 0 Å². The van der Waals surface area contributed by atoms with Crippen molar-refractivity contribution in [3.63, 3.8) is 0 Å². The van der Waals surface area contributed by atoms with Crippen LogP contribution in [0.1, 0.15) is 5.56 Å². The minimum Gasteiger partial charge on any atom is -0.245 e. The zero-order valence-corrected chi connectivity index (χ0v) is 18.0. The van der Waals surface area contributed by atoms with Gasteiger partial charge in [-0.3, -0.25) is 0 Å². The lowest BCUT2D eigenvalue weighted by Gasteiger charge is -2.09. The summed E-state index contributed by atoms with van der Waals surface area (Å²) in [6.45, 7) is 0. The SMILES string of the molecule is Fc1c(F)c(F)c(/C=N\Nc2nc(-c3ccccc3)cc(-c3ccc(Br)cc3)n2)c(F)c1F. The molecule has 10 heteroatoms. The summed E-state index contributed by atoms with van der Waals surface area (Å²) in [5, 5.41) is 3.59. The Balaban J connectivity index is 1.72. The van der Waals surface area contributed by atoms with Gasteiger partial charge in [0.2, 0.25) is 11.8 Å². The van der Waals surface area contributed by atoms with E-state index in [2.05, 4.69) is 36.4 Å². The summed E-state index contributed by atoms with van der Waals surface area (Å²) in [5.74, 6) is -10.4. The zero-order valence-electron chi connectivity index (χ0n) is 16.5. The molecule has 33 heavy (non-hydrogen) atoms. The predicted molar refractivity (Wildman–Crippen MR) is 118 cm³/mol. The van der Waals surface area contributed by atoms with Crippen molar-refractivity contribution in [2.75, 3.05) is 5.43 Å². The van der Waals surface area contributed by atoms with Crippen molar-refractivity contribution < 1.29 is 22.0 Å². The largest absolute Gasteiger partial charge is 0.245 e. The monoisotopic (exact) mass is 518 g/mol.